The van der Waals surface area contributed by atoms with Crippen LogP contribution in [0.2, 0.25) is 0 Å². The summed E-state index contributed by atoms with van der Waals surface area (Å²) in [6.07, 6.45) is 6.52. The van der Waals surface area contributed by atoms with E-state index in [1.807, 2.05) is 24.3 Å². The molecule has 6 heteroatoms. The van der Waals surface area contributed by atoms with Crippen molar-refractivity contribution in [2.24, 2.45) is 0 Å². The predicted molar refractivity (Wildman–Crippen MR) is 88.6 cm³/mol. The maximum absolute atomic E-state index is 5.96. The summed E-state index contributed by atoms with van der Waals surface area (Å²) in [5, 5.41) is 6.59. The van der Waals surface area contributed by atoms with E-state index in [4.69, 9.17) is 10.5 Å². The van der Waals surface area contributed by atoms with Gasteiger partial charge in [-0.2, -0.15) is 4.98 Å². The summed E-state index contributed by atoms with van der Waals surface area (Å²) >= 11 is 0. The van der Waals surface area contributed by atoms with E-state index in [0.29, 0.717) is 23.5 Å². The van der Waals surface area contributed by atoms with Gasteiger partial charge in [-0.3, -0.25) is 0 Å². The Balaban J connectivity index is 1.73. The molecule has 0 aliphatic heterocycles. The number of hydrogen-bond acceptors (Lipinski definition) is 6. The first-order valence-corrected chi connectivity index (χ1v) is 7.55. The quantitative estimate of drug-likeness (QED) is 0.786. The number of nitrogens with zero attached hydrogens (tertiary/aromatic N) is 2. The summed E-state index contributed by atoms with van der Waals surface area (Å²) in [6.45, 7) is 0. The Kier molecular flexibility index (Phi) is 4.27. The summed E-state index contributed by atoms with van der Waals surface area (Å²) in [6, 6.07) is 8.08. The van der Waals surface area contributed by atoms with E-state index in [0.717, 1.165) is 11.4 Å². The lowest BCUT2D eigenvalue weighted by Crippen LogP contribution is -2.17. The second-order valence-electron chi connectivity index (χ2n) is 5.48. The molecule has 3 rings (SSSR count). The van der Waals surface area contributed by atoms with Crippen molar-refractivity contribution in [3.63, 3.8) is 0 Å². The van der Waals surface area contributed by atoms with Gasteiger partial charge in [0.05, 0.1) is 19.0 Å². The van der Waals surface area contributed by atoms with Crippen LogP contribution in [0.4, 0.5) is 23.1 Å². The van der Waals surface area contributed by atoms with Gasteiger partial charge in [0.1, 0.15) is 5.75 Å². The second-order valence-corrected chi connectivity index (χ2v) is 5.48. The number of aromatic nitrogens is 2. The zero-order valence-electron chi connectivity index (χ0n) is 12.7. The van der Waals surface area contributed by atoms with Crippen LogP contribution in [-0.4, -0.2) is 23.1 Å². The van der Waals surface area contributed by atoms with Crippen LogP contribution in [0.15, 0.2) is 30.5 Å². The number of rotatable bonds is 5. The first-order valence-electron chi connectivity index (χ1n) is 7.55. The van der Waals surface area contributed by atoms with Crippen LogP contribution in [0.25, 0.3) is 0 Å². The van der Waals surface area contributed by atoms with Gasteiger partial charge < -0.3 is 21.1 Å². The fourth-order valence-electron chi connectivity index (χ4n) is 2.62. The highest BCUT2D eigenvalue weighted by atomic mass is 16.5. The van der Waals surface area contributed by atoms with Crippen LogP contribution in [0.3, 0.4) is 0 Å². The van der Waals surface area contributed by atoms with Crippen molar-refractivity contribution in [1.82, 2.24) is 9.97 Å². The monoisotopic (exact) mass is 299 g/mol. The minimum Gasteiger partial charge on any atom is -0.497 e. The van der Waals surface area contributed by atoms with Crippen LogP contribution < -0.4 is 21.1 Å². The first kappa shape index (κ1) is 14.4. The average Bonchev–Trinajstić information content (AvgIpc) is 3.04. The number of anilines is 4. The molecule has 1 aliphatic rings. The summed E-state index contributed by atoms with van der Waals surface area (Å²) in [5.74, 6) is 2.04. The smallest absolute Gasteiger partial charge is 0.224 e. The van der Waals surface area contributed by atoms with Crippen molar-refractivity contribution < 1.29 is 4.74 Å². The third kappa shape index (κ3) is 3.39. The lowest BCUT2D eigenvalue weighted by Gasteiger charge is -2.14. The highest BCUT2D eigenvalue weighted by Gasteiger charge is 2.16. The van der Waals surface area contributed by atoms with Crippen molar-refractivity contribution in [3.8, 4) is 5.75 Å². The number of hydrogen-bond donors (Lipinski definition) is 3. The predicted octanol–water partition coefficient (Wildman–Crippen LogP) is 3.17. The van der Waals surface area contributed by atoms with Gasteiger partial charge in [-0.15, -0.1) is 0 Å². The van der Waals surface area contributed by atoms with Crippen LogP contribution in [0, 0.1) is 0 Å². The Morgan fingerprint density at radius 1 is 1.18 bits per heavy atom. The lowest BCUT2D eigenvalue weighted by molar-refractivity contribution is 0.415. The lowest BCUT2D eigenvalue weighted by atomic mass is 10.2. The third-order valence-electron chi connectivity index (χ3n) is 3.86. The molecule has 1 aromatic heterocycles. The number of ether oxygens (including phenoxy) is 1. The molecule has 1 aliphatic carbocycles. The number of nitrogens with two attached hydrogens (primary N) is 1. The summed E-state index contributed by atoms with van der Waals surface area (Å²) < 4.78 is 5.15. The van der Waals surface area contributed by atoms with Crippen molar-refractivity contribution in [1.29, 1.82) is 0 Å². The molecule has 0 spiro atoms. The molecule has 1 aromatic carbocycles. The normalized spacial score (nSPS) is 14.8. The molecule has 1 fully saturated rings. The fourth-order valence-corrected chi connectivity index (χ4v) is 2.62. The largest absolute Gasteiger partial charge is 0.497 e. The minimum atomic E-state index is 0.470. The third-order valence-corrected chi connectivity index (χ3v) is 3.86. The molecule has 0 bridgehead atoms. The molecular weight excluding hydrogens is 278 g/mol. The standard InChI is InChI=1S/C16H21N5O/c1-22-13-8-6-12(7-9-13)19-15-14(17)10-18-16(21-15)20-11-4-2-3-5-11/h6-11H,2-5,17H2,1H3,(H2,18,19,20,21). The average molecular weight is 299 g/mol. The van der Waals surface area contributed by atoms with Gasteiger partial charge in [0.2, 0.25) is 5.95 Å². The molecule has 0 saturated heterocycles. The van der Waals surface area contributed by atoms with Gasteiger partial charge in [0.25, 0.3) is 0 Å². The molecular formula is C16H21N5O. The number of nitrogens with one attached hydrogen (secondary N) is 2. The Morgan fingerprint density at radius 3 is 2.59 bits per heavy atom. The Labute approximate surface area is 130 Å². The van der Waals surface area contributed by atoms with Gasteiger partial charge in [0, 0.05) is 11.7 Å². The SMILES string of the molecule is COc1ccc(Nc2nc(NC3CCCC3)ncc2N)cc1. The van der Waals surface area contributed by atoms with Crippen LogP contribution in [0.1, 0.15) is 25.7 Å². The topological polar surface area (TPSA) is 85.1 Å². The van der Waals surface area contributed by atoms with E-state index < -0.39 is 0 Å². The van der Waals surface area contributed by atoms with Crippen molar-refractivity contribution in [3.05, 3.63) is 30.5 Å². The molecule has 6 nitrogen and oxygen atoms in total. The Bertz CT molecular complexity index is 623. The molecule has 0 unspecified atom stereocenters. The zero-order valence-corrected chi connectivity index (χ0v) is 12.7. The summed E-state index contributed by atoms with van der Waals surface area (Å²) in [7, 11) is 1.64. The first-order chi connectivity index (χ1) is 10.7. The molecule has 1 saturated carbocycles. The molecule has 0 atom stereocenters. The molecule has 22 heavy (non-hydrogen) atoms. The van der Waals surface area contributed by atoms with Crippen LogP contribution >= 0.6 is 0 Å². The fraction of sp³-hybridized carbons (Fsp3) is 0.375. The molecule has 116 valence electrons. The molecule has 1 heterocycles. The summed E-state index contributed by atoms with van der Waals surface area (Å²) in [5.41, 5.74) is 7.38. The highest BCUT2D eigenvalue weighted by Crippen LogP contribution is 2.25. The Morgan fingerprint density at radius 2 is 1.91 bits per heavy atom. The molecule has 4 N–H and O–H groups in total. The van der Waals surface area contributed by atoms with Crippen LogP contribution in [-0.2, 0) is 0 Å². The van der Waals surface area contributed by atoms with Crippen molar-refractivity contribution >= 4 is 23.1 Å². The van der Waals surface area contributed by atoms with Gasteiger partial charge in [-0.05, 0) is 37.1 Å². The Hall–Kier alpha value is -2.50. The van der Waals surface area contributed by atoms with Gasteiger partial charge >= 0.3 is 0 Å². The van der Waals surface area contributed by atoms with E-state index in [-0.39, 0.29) is 0 Å². The number of nitrogen functional groups attached to an aromatic ring is 1. The molecule has 0 radical (unpaired) electrons. The van der Waals surface area contributed by atoms with E-state index in [1.54, 1.807) is 13.3 Å². The van der Waals surface area contributed by atoms with E-state index >= 15 is 0 Å². The second kappa shape index (κ2) is 6.51. The molecule has 2 aromatic rings. The van der Waals surface area contributed by atoms with Gasteiger partial charge in [0.15, 0.2) is 5.82 Å². The summed E-state index contributed by atoms with van der Waals surface area (Å²) in [4.78, 5) is 8.75. The van der Waals surface area contributed by atoms with Crippen molar-refractivity contribution in [2.45, 2.75) is 31.7 Å². The van der Waals surface area contributed by atoms with E-state index in [1.165, 1.54) is 25.7 Å². The van der Waals surface area contributed by atoms with E-state index in [2.05, 4.69) is 20.6 Å². The maximum atomic E-state index is 5.96. The van der Waals surface area contributed by atoms with Gasteiger partial charge in [-0.1, -0.05) is 12.8 Å². The highest BCUT2D eigenvalue weighted by molar-refractivity contribution is 5.69. The van der Waals surface area contributed by atoms with Crippen molar-refractivity contribution in [2.75, 3.05) is 23.5 Å². The number of methoxy groups -OCH3 is 1. The van der Waals surface area contributed by atoms with E-state index in [9.17, 15) is 0 Å². The minimum absolute atomic E-state index is 0.470. The van der Waals surface area contributed by atoms with Crippen LogP contribution in [0.5, 0.6) is 5.75 Å². The maximum Gasteiger partial charge on any atom is 0.224 e. The zero-order chi connectivity index (χ0) is 15.4. The number of benzene rings is 1. The molecule has 0 amide bonds. The van der Waals surface area contributed by atoms with Gasteiger partial charge in [-0.25, -0.2) is 4.98 Å².